The van der Waals surface area contributed by atoms with Crippen LogP contribution in [0.4, 0.5) is 0 Å². The van der Waals surface area contributed by atoms with Gasteiger partial charge in [0.15, 0.2) is 4.77 Å². The van der Waals surface area contributed by atoms with Gasteiger partial charge in [0.2, 0.25) is 0 Å². The SMILES string of the molecule is S=c1[nH]c2cnccc2n1C1CCC1. The van der Waals surface area contributed by atoms with E-state index in [0.29, 0.717) is 6.04 Å². The van der Waals surface area contributed by atoms with Gasteiger partial charge in [0.25, 0.3) is 0 Å². The Hall–Kier alpha value is -1.16. The molecule has 0 amide bonds. The lowest BCUT2D eigenvalue weighted by Gasteiger charge is -2.27. The minimum absolute atomic E-state index is 0.610. The van der Waals surface area contributed by atoms with Crippen LogP contribution >= 0.6 is 12.2 Å². The smallest absolute Gasteiger partial charge is 0.178 e. The molecule has 4 heteroatoms. The van der Waals surface area contributed by atoms with Gasteiger partial charge in [-0.15, -0.1) is 0 Å². The highest BCUT2D eigenvalue weighted by molar-refractivity contribution is 7.71. The van der Waals surface area contributed by atoms with Gasteiger partial charge in [-0.2, -0.15) is 0 Å². The lowest BCUT2D eigenvalue weighted by Crippen LogP contribution is -2.16. The third-order valence-electron chi connectivity index (χ3n) is 2.96. The maximum atomic E-state index is 5.31. The fraction of sp³-hybridized carbons (Fsp3) is 0.400. The average Bonchev–Trinajstić information content (AvgIpc) is 2.41. The van der Waals surface area contributed by atoms with E-state index in [4.69, 9.17) is 12.2 Å². The van der Waals surface area contributed by atoms with Crippen molar-refractivity contribution >= 4 is 23.3 Å². The molecule has 2 aromatic heterocycles. The summed E-state index contributed by atoms with van der Waals surface area (Å²) in [5.41, 5.74) is 2.24. The summed E-state index contributed by atoms with van der Waals surface area (Å²) in [5, 5.41) is 0. The first-order chi connectivity index (χ1) is 6.86. The summed E-state index contributed by atoms with van der Waals surface area (Å²) in [5.74, 6) is 0. The monoisotopic (exact) mass is 205 g/mol. The third kappa shape index (κ3) is 1.04. The maximum absolute atomic E-state index is 5.31. The number of nitrogens with zero attached hydrogens (tertiary/aromatic N) is 2. The van der Waals surface area contributed by atoms with Crippen molar-refractivity contribution in [3.63, 3.8) is 0 Å². The van der Waals surface area contributed by atoms with Gasteiger partial charge >= 0.3 is 0 Å². The minimum atomic E-state index is 0.610. The normalized spacial score (nSPS) is 17.1. The zero-order chi connectivity index (χ0) is 9.54. The zero-order valence-electron chi connectivity index (χ0n) is 7.73. The summed E-state index contributed by atoms with van der Waals surface area (Å²) < 4.78 is 3.06. The molecule has 0 bridgehead atoms. The summed E-state index contributed by atoms with van der Waals surface area (Å²) in [6.45, 7) is 0. The van der Waals surface area contributed by atoms with E-state index in [1.807, 2.05) is 18.5 Å². The van der Waals surface area contributed by atoms with E-state index in [9.17, 15) is 0 Å². The lowest BCUT2D eigenvalue weighted by atomic mass is 9.93. The Kier molecular flexibility index (Phi) is 1.70. The van der Waals surface area contributed by atoms with Crippen molar-refractivity contribution in [1.29, 1.82) is 0 Å². The summed E-state index contributed by atoms with van der Waals surface area (Å²) >= 11 is 5.31. The minimum Gasteiger partial charge on any atom is -0.329 e. The number of fused-ring (bicyclic) bond motifs is 1. The highest BCUT2D eigenvalue weighted by Crippen LogP contribution is 2.34. The van der Waals surface area contributed by atoms with Crippen LogP contribution in [0, 0.1) is 4.77 Å². The number of pyridine rings is 1. The van der Waals surface area contributed by atoms with Gasteiger partial charge in [-0.25, -0.2) is 0 Å². The molecule has 2 aromatic rings. The van der Waals surface area contributed by atoms with Gasteiger partial charge in [0.05, 0.1) is 17.2 Å². The predicted molar refractivity (Wildman–Crippen MR) is 57.8 cm³/mol. The van der Waals surface area contributed by atoms with Gasteiger partial charge in [-0.3, -0.25) is 4.98 Å². The Morgan fingerprint density at radius 2 is 2.36 bits per heavy atom. The first-order valence-corrected chi connectivity index (χ1v) is 5.31. The zero-order valence-corrected chi connectivity index (χ0v) is 8.55. The Morgan fingerprint density at radius 3 is 3.07 bits per heavy atom. The molecule has 0 atom stereocenters. The molecule has 3 nitrogen and oxygen atoms in total. The Labute approximate surface area is 86.8 Å². The highest BCUT2D eigenvalue weighted by atomic mass is 32.1. The van der Waals surface area contributed by atoms with Gasteiger partial charge in [0.1, 0.15) is 0 Å². The van der Waals surface area contributed by atoms with Crippen LogP contribution in [-0.4, -0.2) is 14.5 Å². The van der Waals surface area contributed by atoms with Crippen LogP contribution in [0.2, 0.25) is 0 Å². The third-order valence-corrected chi connectivity index (χ3v) is 3.26. The van der Waals surface area contributed by atoms with Gasteiger partial charge < -0.3 is 9.55 Å². The van der Waals surface area contributed by atoms with Crippen LogP contribution in [0.3, 0.4) is 0 Å². The van der Waals surface area contributed by atoms with Gasteiger partial charge in [0, 0.05) is 12.2 Å². The molecule has 0 saturated heterocycles. The Morgan fingerprint density at radius 1 is 1.50 bits per heavy atom. The van der Waals surface area contributed by atoms with Gasteiger partial charge in [-0.05, 0) is 37.5 Å². The number of imidazole rings is 1. The molecule has 0 radical (unpaired) electrons. The molecule has 0 aliphatic heterocycles. The summed E-state index contributed by atoms with van der Waals surface area (Å²) in [7, 11) is 0. The lowest BCUT2D eigenvalue weighted by molar-refractivity contribution is 0.318. The molecule has 0 unspecified atom stereocenters. The van der Waals surface area contributed by atoms with Crippen molar-refractivity contribution in [2.75, 3.05) is 0 Å². The number of aromatic nitrogens is 3. The number of hydrogen-bond donors (Lipinski definition) is 1. The standard InChI is InChI=1S/C10H11N3S/c14-10-12-8-6-11-5-4-9(8)13(10)7-2-1-3-7/h4-7H,1-3H2,(H,12,14). The van der Waals surface area contributed by atoms with Crippen molar-refractivity contribution in [2.45, 2.75) is 25.3 Å². The summed E-state index contributed by atoms with van der Waals surface area (Å²) in [4.78, 5) is 7.27. The maximum Gasteiger partial charge on any atom is 0.178 e. The van der Waals surface area contributed by atoms with E-state index in [-0.39, 0.29) is 0 Å². The Balaban J connectivity index is 2.29. The molecule has 0 aromatic carbocycles. The van der Waals surface area contributed by atoms with E-state index in [0.717, 1.165) is 10.3 Å². The predicted octanol–water partition coefficient (Wildman–Crippen LogP) is 2.82. The van der Waals surface area contributed by atoms with Crippen molar-refractivity contribution < 1.29 is 0 Å². The highest BCUT2D eigenvalue weighted by Gasteiger charge is 2.21. The van der Waals surface area contributed by atoms with E-state index in [2.05, 4.69) is 14.5 Å². The molecular formula is C10H11N3S. The topological polar surface area (TPSA) is 33.6 Å². The first-order valence-electron chi connectivity index (χ1n) is 4.90. The van der Waals surface area contributed by atoms with E-state index >= 15 is 0 Å². The fourth-order valence-electron chi connectivity index (χ4n) is 1.99. The number of aromatic amines is 1. The Bertz CT molecular complexity index is 521. The molecule has 14 heavy (non-hydrogen) atoms. The molecule has 1 fully saturated rings. The van der Waals surface area contributed by atoms with Crippen LogP contribution < -0.4 is 0 Å². The second-order valence-corrected chi connectivity index (χ2v) is 4.16. The fourth-order valence-corrected chi connectivity index (χ4v) is 2.34. The average molecular weight is 205 g/mol. The van der Waals surface area contributed by atoms with Crippen LogP contribution in [0.25, 0.3) is 11.0 Å². The molecular weight excluding hydrogens is 194 g/mol. The summed E-state index contributed by atoms with van der Waals surface area (Å²) in [6.07, 6.45) is 7.48. The molecule has 0 spiro atoms. The number of rotatable bonds is 1. The van der Waals surface area contributed by atoms with E-state index in [1.165, 1.54) is 24.8 Å². The van der Waals surface area contributed by atoms with Crippen LogP contribution in [-0.2, 0) is 0 Å². The molecule has 1 saturated carbocycles. The molecule has 1 aliphatic rings. The van der Waals surface area contributed by atoms with Crippen LogP contribution in [0.15, 0.2) is 18.5 Å². The van der Waals surface area contributed by atoms with Crippen LogP contribution in [0.5, 0.6) is 0 Å². The number of hydrogen-bond acceptors (Lipinski definition) is 2. The van der Waals surface area contributed by atoms with Crippen molar-refractivity contribution in [3.05, 3.63) is 23.2 Å². The van der Waals surface area contributed by atoms with E-state index < -0.39 is 0 Å². The van der Waals surface area contributed by atoms with Crippen molar-refractivity contribution in [2.24, 2.45) is 0 Å². The van der Waals surface area contributed by atoms with Gasteiger partial charge in [-0.1, -0.05) is 0 Å². The number of H-pyrrole nitrogens is 1. The molecule has 1 N–H and O–H groups in total. The molecule has 3 rings (SSSR count). The molecule has 1 aliphatic carbocycles. The summed E-state index contributed by atoms with van der Waals surface area (Å²) in [6, 6.07) is 2.64. The second kappa shape index (κ2) is 2.92. The van der Waals surface area contributed by atoms with E-state index in [1.54, 1.807) is 0 Å². The van der Waals surface area contributed by atoms with Crippen molar-refractivity contribution in [1.82, 2.24) is 14.5 Å². The quantitative estimate of drug-likeness (QED) is 0.726. The number of nitrogens with one attached hydrogen (secondary N) is 1. The molecule has 72 valence electrons. The largest absolute Gasteiger partial charge is 0.329 e. The first kappa shape index (κ1) is 8.17. The second-order valence-electron chi connectivity index (χ2n) is 3.78. The molecule has 2 heterocycles. The van der Waals surface area contributed by atoms with Crippen molar-refractivity contribution in [3.8, 4) is 0 Å². The van der Waals surface area contributed by atoms with Crippen LogP contribution in [0.1, 0.15) is 25.3 Å².